The van der Waals surface area contributed by atoms with Crippen LogP contribution in [0.4, 0.5) is 4.79 Å². The maximum atomic E-state index is 11.6. The van der Waals surface area contributed by atoms with Crippen molar-refractivity contribution in [2.75, 3.05) is 6.61 Å². The monoisotopic (exact) mass is 408 g/mol. The number of rotatable bonds is 9. The number of hydrogen-bond donors (Lipinski definition) is 1. The zero-order valence-electron chi connectivity index (χ0n) is 18.3. The quantitative estimate of drug-likeness (QED) is 0.332. The van der Waals surface area contributed by atoms with Crippen LogP contribution in [0.2, 0.25) is 18.1 Å². The fourth-order valence-corrected chi connectivity index (χ4v) is 3.37. The summed E-state index contributed by atoms with van der Waals surface area (Å²) in [6, 6.07) is 9.39. The van der Waals surface area contributed by atoms with Crippen LogP contribution in [0.3, 0.4) is 0 Å². The molecule has 0 radical (unpaired) electrons. The van der Waals surface area contributed by atoms with Gasteiger partial charge >= 0.3 is 6.16 Å². The number of aliphatic hydroxyl groups excluding tert-OH is 1. The number of hydrogen-bond acceptors (Lipinski definition) is 5. The molecule has 0 fully saturated rings. The number of carbonyl (C=O) groups is 1. The van der Waals surface area contributed by atoms with E-state index in [9.17, 15) is 9.90 Å². The summed E-state index contributed by atoms with van der Waals surface area (Å²) in [5.74, 6) is -0.209. The summed E-state index contributed by atoms with van der Waals surface area (Å²) in [4.78, 5) is 11.6. The SMILES string of the molecule is C[C@@H](/C=C\OC(=O)OCc1ccccc1)[C@H](O)[C@@H](C)CO[Si](C)(C)C(C)(C)C. The van der Waals surface area contributed by atoms with Crippen molar-refractivity contribution in [1.29, 1.82) is 0 Å². The van der Waals surface area contributed by atoms with Crippen LogP contribution in [0.15, 0.2) is 42.7 Å². The average molecular weight is 409 g/mol. The second-order valence-corrected chi connectivity index (χ2v) is 13.7. The summed E-state index contributed by atoms with van der Waals surface area (Å²) < 4.78 is 16.2. The minimum absolute atomic E-state index is 0.0289. The third-order valence-corrected chi connectivity index (χ3v) is 9.88. The standard InChI is InChI=1S/C22H36O5Si/c1-17(20(23)18(2)15-27-28(6,7)22(3,4)5)13-14-25-21(24)26-16-19-11-9-8-10-12-19/h8-14,17-18,20,23H,15-16H2,1-7H3/b14-13-/t17-,18-,20-/m0/s1. The van der Waals surface area contributed by atoms with Crippen molar-refractivity contribution in [3.05, 3.63) is 48.2 Å². The molecule has 3 atom stereocenters. The second kappa shape index (κ2) is 10.8. The van der Waals surface area contributed by atoms with Crippen molar-refractivity contribution in [3.8, 4) is 0 Å². The molecule has 0 heterocycles. The average Bonchev–Trinajstić information content (AvgIpc) is 2.63. The molecule has 0 aromatic heterocycles. The van der Waals surface area contributed by atoms with Crippen LogP contribution in [-0.4, -0.2) is 32.3 Å². The Morgan fingerprint density at radius 1 is 1.18 bits per heavy atom. The summed E-state index contributed by atoms with van der Waals surface area (Å²) in [6.45, 7) is 15.5. The molecule has 158 valence electrons. The van der Waals surface area contributed by atoms with Gasteiger partial charge in [0.05, 0.1) is 12.4 Å². The lowest BCUT2D eigenvalue weighted by atomic mass is 9.94. The van der Waals surface area contributed by atoms with Gasteiger partial charge in [0.2, 0.25) is 0 Å². The molecule has 0 saturated heterocycles. The minimum atomic E-state index is -1.84. The zero-order valence-corrected chi connectivity index (χ0v) is 19.3. The molecule has 0 bridgehead atoms. The number of carbonyl (C=O) groups excluding carboxylic acids is 1. The molecule has 1 rings (SSSR count). The van der Waals surface area contributed by atoms with Crippen LogP contribution in [0.5, 0.6) is 0 Å². The zero-order chi connectivity index (χ0) is 21.4. The van der Waals surface area contributed by atoms with Crippen molar-refractivity contribution >= 4 is 14.5 Å². The van der Waals surface area contributed by atoms with Crippen LogP contribution in [0.1, 0.15) is 40.2 Å². The molecule has 5 nitrogen and oxygen atoms in total. The van der Waals surface area contributed by atoms with Crippen molar-refractivity contribution in [1.82, 2.24) is 0 Å². The topological polar surface area (TPSA) is 65.0 Å². The first-order valence-electron chi connectivity index (χ1n) is 9.80. The first kappa shape index (κ1) is 24.4. The molecule has 0 unspecified atom stereocenters. The highest BCUT2D eigenvalue weighted by molar-refractivity contribution is 6.74. The van der Waals surface area contributed by atoms with Gasteiger partial charge in [0.15, 0.2) is 8.32 Å². The summed E-state index contributed by atoms with van der Waals surface area (Å²) in [6.07, 6.45) is 1.58. The highest BCUT2D eigenvalue weighted by Crippen LogP contribution is 2.37. The molecule has 0 aliphatic rings. The van der Waals surface area contributed by atoms with E-state index in [1.54, 1.807) is 6.08 Å². The maximum Gasteiger partial charge on any atom is 0.513 e. The Labute approximate surface area is 170 Å². The Hall–Kier alpha value is -1.63. The van der Waals surface area contributed by atoms with E-state index >= 15 is 0 Å². The van der Waals surface area contributed by atoms with E-state index in [1.807, 2.05) is 44.2 Å². The first-order valence-corrected chi connectivity index (χ1v) is 12.7. The van der Waals surface area contributed by atoms with Crippen LogP contribution >= 0.6 is 0 Å². The lowest BCUT2D eigenvalue weighted by Gasteiger charge is -2.37. The van der Waals surface area contributed by atoms with Gasteiger partial charge in [-0.05, 0) is 29.8 Å². The predicted molar refractivity (Wildman–Crippen MR) is 114 cm³/mol. The van der Waals surface area contributed by atoms with E-state index in [4.69, 9.17) is 13.9 Å². The lowest BCUT2D eigenvalue weighted by Crippen LogP contribution is -2.43. The van der Waals surface area contributed by atoms with E-state index < -0.39 is 20.6 Å². The Bertz CT molecular complexity index is 622. The smallest absolute Gasteiger partial charge is 0.429 e. The maximum absolute atomic E-state index is 11.6. The molecule has 0 spiro atoms. The van der Waals surface area contributed by atoms with Gasteiger partial charge in [0.25, 0.3) is 0 Å². The first-order chi connectivity index (χ1) is 12.9. The minimum Gasteiger partial charge on any atom is -0.429 e. The van der Waals surface area contributed by atoms with Gasteiger partial charge in [-0.15, -0.1) is 0 Å². The molecule has 1 aromatic carbocycles. The van der Waals surface area contributed by atoms with Gasteiger partial charge in [-0.2, -0.15) is 0 Å². The molecule has 6 heteroatoms. The fraction of sp³-hybridized carbons (Fsp3) is 0.591. The van der Waals surface area contributed by atoms with E-state index in [1.165, 1.54) is 6.26 Å². The Morgan fingerprint density at radius 2 is 1.79 bits per heavy atom. The molecule has 1 aromatic rings. The van der Waals surface area contributed by atoms with Gasteiger partial charge in [-0.1, -0.05) is 65.0 Å². The summed E-state index contributed by atoms with van der Waals surface area (Å²) >= 11 is 0. The van der Waals surface area contributed by atoms with Crippen LogP contribution in [-0.2, 0) is 20.5 Å². The molecule has 0 aliphatic carbocycles. The molecular formula is C22H36O5Si. The van der Waals surface area contributed by atoms with Gasteiger partial charge in [0.1, 0.15) is 6.61 Å². The molecule has 28 heavy (non-hydrogen) atoms. The highest BCUT2D eigenvalue weighted by atomic mass is 28.4. The van der Waals surface area contributed by atoms with Crippen molar-refractivity contribution in [2.24, 2.45) is 11.8 Å². The highest BCUT2D eigenvalue weighted by Gasteiger charge is 2.37. The fourth-order valence-electron chi connectivity index (χ4n) is 2.26. The Kier molecular flexibility index (Phi) is 9.40. The van der Waals surface area contributed by atoms with Crippen molar-refractivity contribution in [2.45, 2.75) is 65.5 Å². The van der Waals surface area contributed by atoms with E-state index in [-0.39, 0.29) is 23.5 Å². The third-order valence-electron chi connectivity index (χ3n) is 5.38. The largest absolute Gasteiger partial charge is 0.513 e. The van der Waals surface area contributed by atoms with Gasteiger partial charge < -0.3 is 19.0 Å². The Morgan fingerprint density at radius 3 is 2.36 bits per heavy atom. The van der Waals surface area contributed by atoms with Crippen LogP contribution in [0, 0.1) is 11.8 Å². The van der Waals surface area contributed by atoms with Crippen LogP contribution in [0.25, 0.3) is 0 Å². The summed E-state index contributed by atoms with van der Waals surface area (Å²) in [7, 11) is -1.84. The number of aliphatic hydroxyl groups is 1. The van der Waals surface area contributed by atoms with E-state index in [0.29, 0.717) is 6.61 Å². The molecule has 1 N–H and O–H groups in total. The van der Waals surface area contributed by atoms with Gasteiger partial charge in [0, 0.05) is 18.4 Å². The van der Waals surface area contributed by atoms with Gasteiger partial charge in [-0.3, -0.25) is 0 Å². The van der Waals surface area contributed by atoms with E-state index in [2.05, 4.69) is 33.9 Å². The Balaban J connectivity index is 2.39. The molecule has 0 aliphatic heterocycles. The van der Waals surface area contributed by atoms with E-state index in [0.717, 1.165) is 5.56 Å². The normalized spacial score (nSPS) is 15.9. The van der Waals surface area contributed by atoms with Gasteiger partial charge in [-0.25, -0.2) is 4.79 Å². The number of ether oxygens (including phenoxy) is 2. The predicted octanol–water partition coefficient (Wildman–Crippen LogP) is 5.51. The molecule has 0 amide bonds. The molecular weight excluding hydrogens is 372 g/mol. The lowest BCUT2D eigenvalue weighted by molar-refractivity contribution is 0.0517. The third kappa shape index (κ3) is 8.16. The van der Waals surface area contributed by atoms with Crippen molar-refractivity contribution in [3.63, 3.8) is 0 Å². The second-order valence-electron chi connectivity index (χ2n) is 8.87. The summed E-state index contributed by atoms with van der Waals surface area (Å²) in [5.41, 5.74) is 0.891. The summed E-state index contributed by atoms with van der Waals surface area (Å²) in [5, 5.41) is 10.7. The number of benzene rings is 1. The molecule has 0 saturated carbocycles. The van der Waals surface area contributed by atoms with Crippen molar-refractivity contribution < 1.29 is 23.8 Å². The van der Waals surface area contributed by atoms with Crippen LogP contribution < -0.4 is 0 Å².